The van der Waals surface area contributed by atoms with Crippen LogP contribution < -0.4 is 0 Å². The van der Waals surface area contributed by atoms with Gasteiger partial charge in [0.05, 0.1) is 31.3 Å². The summed E-state index contributed by atoms with van der Waals surface area (Å²) in [6.45, 7) is 6.53. The third kappa shape index (κ3) is 4.12. The van der Waals surface area contributed by atoms with Gasteiger partial charge in [-0.1, -0.05) is 0 Å². The fourth-order valence-corrected chi connectivity index (χ4v) is 5.32. The zero-order valence-electron chi connectivity index (χ0n) is 17.6. The molecule has 1 aromatic heterocycles. The van der Waals surface area contributed by atoms with Crippen molar-refractivity contribution in [2.45, 2.75) is 38.0 Å². The minimum absolute atomic E-state index is 0.246. The summed E-state index contributed by atoms with van der Waals surface area (Å²) in [7, 11) is 0. The molecule has 2 unspecified atom stereocenters. The van der Waals surface area contributed by atoms with E-state index in [9.17, 15) is 18.0 Å². The van der Waals surface area contributed by atoms with Crippen molar-refractivity contribution in [3.05, 3.63) is 17.7 Å². The average molecular weight is 456 g/mol. The Balaban J connectivity index is 0.000000272. The van der Waals surface area contributed by atoms with Gasteiger partial charge >= 0.3 is 12.1 Å². The number of hydrogen-bond acceptors (Lipinski definition) is 5. The molecular formula is C21H27F3N4O4. The number of aliphatic carboxylic acids is 1. The number of halogens is 3. The number of aromatic nitrogens is 2. The summed E-state index contributed by atoms with van der Waals surface area (Å²) in [5, 5.41) is 7.12. The number of hydrogen-bond donors (Lipinski definition) is 1. The number of nitrogens with zero attached hydrogens (tertiary/aromatic N) is 4. The molecule has 176 valence electrons. The molecule has 0 radical (unpaired) electrons. The molecule has 2 aliphatic carbocycles. The number of carboxylic acid groups (broad SMARTS) is 1. The lowest BCUT2D eigenvalue weighted by molar-refractivity contribution is -0.192. The molecule has 0 bridgehead atoms. The predicted molar refractivity (Wildman–Crippen MR) is 105 cm³/mol. The lowest BCUT2D eigenvalue weighted by Crippen LogP contribution is -2.53. The summed E-state index contributed by atoms with van der Waals surface area (Å²) in [6, 6.07) is 0.303. The van der Waals surface area contributed by atoms with E-state index in [0.29, 0.717) is 23.8 Å². The number of piperazine rings is 1. The highest BCUT2D eigenvalue weighted by Crippen LogP contribution is 2.52. The van der Waals surface area contributed by atoms with E-state index in [1.54, 1.807) is 0 Å². The van der Waals surface area contributed by atoms with Crippen molar-refractivity contribution in [1.82, 2.24) is 19.4 Å². The number of amides is 1. The van der Waals surface area contributed by atoms with Crippen molar-refractivity contribution < 1.29 is 32.6 Å². The zero-order valence-corrected chi connectivity index (χ0v) is 17.6. The van der Waals surface area contributed by atoms with Crippen molar-refractivity contribution in [1.29, 1.82) is 0 Å². The van der Waals surface area contributed by atoms with Crippen LogP contribution >= 0.6 is 0 Å². The first-order chi connectivity index (χ1) is 15.2. The minimum Gasteiger partial charge on any atom is -0.475 e. The molecule has 8 nitrogen and oxygen atoms in total. The molecule has 3 aliphatic heterocycles. The maximum absolute atomic E-state index is 12.9. The van der Waals surface area contributed by atoms with Crippen LogP contribution in [-0.4, -0.2) is 81.9 Å². The first kappa shape index (κ1) is 21.7. The first-order valence-electron chi connectivity index (χ1n) is 11.2. The van der Waals surface area contributed by atoms with Gasteiger partial charge in [-0.05, 0) is 30.6 Å². The van der Waals surface area contributed by atoms with E-state index < -0.39 is 12.1 Å². The van der Waals surface area contributed by atoms with Gasteiger partial charge < -0.3 is 19.3 Å². The van der Waals surface area contributed by atoms with E-state index in [0.717, 1.165) is 58.3 Å². The number of carboxylic acids is 1. The smallest absolute Gasteiger partial charge is 0.475 e. The number of carbonyl (C=O) groups is 2. The Morgan fingerprint density at radius 1 is 1.16 bits per heavy atom. The largest absolute Gasteiger partial charge is 0.490 e. The van der Waals surface area contributed by atoms with Gasteiger partial charge in [0, 0.05) is 50.8 Å². The summed E-state index contributed by atoms with van der Waals surface area (Å²) in [5.74, 6) is -0.251. The van der Waals surface area contributed by atoms with Gasteiger partial charge in [0.25, 0.3) is 0 Å². The van der Waals surface area contributed by atoms with Crippen LogP contribution in [-0.2, 0) is 27.3 Å². The van der Waals surface area contributed by atoms with Gasteiger partial charge in [-0.15, -0.1) is 0 Å². The molecule has 32 heavy (non-hydrogen) atoms. The molecule has 6 rings (SSSR count). The highest BCUT2D eigenvalue weighted by molar-refractivity contribution is 5.82. The summed E-state index contributed by atoms with van der Waals surface area (Å²) in [5.41, 5.74) is 2.67. The Bertz CT molecular complexity index is 890. The van der Waals surface area contributed by atoms with E-state index in [4.69, 9.17) is 19.6 Å². The molecule has 4 atom stereocenters. The summed E-state index contributed by atoms with van der Waals surface area (Å²) in [6.07, 6.45) is 0.822. The highest BCUT2D eigenvalue weighted by atomic mass is 19.4. The van der Waals surface area contributed by atoms with Gasteiger partial charge in [-0.25, -0.2) is 9.78 Å². The van der Waals surface area contributed by atoms with E-state index in [2.05, 4.69) is 20.7 Å². The van der Waals surface area contributed by atoms with Crippen LogP contribution in [0, 0.1) is 23.7 Å². The number of alkyl halides is 3. The molecule has 0 spiro atoms. The molecule has 4 heterocycles. The third-order valence-corrected chi connectivity index (χ3v) is 7.36. The van der Waals surface area contributed by atoms with Crippen molar-refractivity contribution >= 4 is 11.9 Å². The van der Waals surface area contributed by atoms with Crippen LogP contribution in [0.5, 0.6) is 0 Å². The Morgan fingerprint density at radius 3 is 2.47 bits per heavy atom. The first-order valence-corrected chi connectivity index (χ1v) is 11.2. The van der Waals surface area contributed by atoms with Gasteiger partial charge in [0.1, 0.15) is 0 Å². The number of ether oxygens (including phenoxy) is 1. The van der Waals surface area contributed by atoms with Crippen molar-refractivity contribution in [3.8, 4) is 0 Å². The Hall–Kier alpha value is -2.14. The number of fused-ring (bicyclic) bond motifs is 4. The molecule has 1 N–H and O–H groups in total. The maximum atomic E-state index is 12.9. The van der Waals surface area contributed by atoms with E-state index >= 15 is 0 Å². The summed E-state index contributed by atoms with van der Waals surface area (Å²) in [4.78, 5) is 31.3. The van der Waals surface area contributed by atoms with Gasteiger partial charge in [0.2, 0.25) is 5.91 Å². The molecule has 2 saturated carbocycles. The fraction of sp³-hybridized carbons (Fsp3) is 0.762. The summed E-state index contributed by atoms with van der Waals surface area (Å²) >= 11 is 0. The molecule has 2 saturated heterocycles. The van der Waals surface area contributed by atoms with E-state index in [1.807, 2.05) is 0 Å². The van der Waals surface area contributed by atoms with Crippen LogP contribution in [0.3, 0.4) is 0 Å². The monoisotopic (exact) mass is 456 g/mol. The fourth-order valence-electron chi connectivity index (χ4n) is 5.32. The normalized spacial score (nSPS) is 31.2. The molecule has 5 aliphatic rings. The second-order valence-corrected chi connectivity index (χ2v) is 9.45. The lowest BCUT2D eigenvalue weighted by atomic mass is 9.99. The van der Waals surface area contributed by atoms with Crippen LogP contribution in [0.1, 0.15) is 30.3 Å². The van der Waals surface area contributed by atoms with E-state index in [1.165, 1.54) is 24.2 Å². The van der Waals surface area contributed by atoms with Crippen molar-refractivity contribution in [3.63, 3.8) is 0 Å². The Morgan fingerprint density at radius 2 is 1.84 bits per heavy atom. The predicted octanol–water partition coefficient (Wildman–Crippen LogP) is 1.56. The quantitative estimate of drug-likeness (QED) is 0.743. The SMILES string of the molecule is O=C(C1[C@H]2COC[C@@H]12)N1CCN2CCc3c(ncn3CC3CC3)C2C1.O=C(O)C(F)(F)F. The summed E-state index contributed by atoms with van der Waals surface area (Å²) < 4.78 is 39.6. The van der Waals surface area contributed by atoms with Crippen molar-refractivity contribution in [2.24, 2.45) is 23.7 Å². The Kier molecular flexibility index (Phi) is 5.43. The molecule has 4 fully saturated rings. The van der Waals surface area contributed by atoms with Crippen LogP contribution in [0.15, 0.2) is 6.33 Å². The van der Waals surface area contributed by atoms with Gasteiger partial charge in [0.15, 0.2) is 0 Å². The second-order valence-electron chi connectivity index (χ2n) is 9.45. The maximum Gasteiger partial charge on any atom is 0.490 e. The molecule has 1 aromatic rings. The standard InChI is InChI=1S/C19H26N4O2.C2HF3O2/c24-19(17-13-9-25-10-14(13)17)22-6-5-21-4-3-15-18(16(21)8-22)20-11-23(15)7-12-1-2-12;3-2(4,5)1(6)7/h11-14,16-17H,1-10H2;(H,6,7)/t13-,14+,16?,17?;. The topological polar surface area (TPSA) is 87.9 Å². The van der Waals surface area contributed by atoms with Crippen LogP contribution in [0.25, 0.3) is 0 Å². The lowest BCUT2D eigenvalue weighted by Gasteiger charge is -2.43. The third-order valence-electron chi connectivity index (χ3n) is 7.36. The Labute approximate surface area is 183 Å². The molecular weight excluding hydrogens is 429 g/mol. The number of imidazole rings is 1. The molecule has 1 amide bonds. The van der Waals surface area contributed by atoms with Crippen LogP contribution in [0.4, 0.5) is 13.2 Å². The van der Waals surface area contributed by atoms with Crippen molar-refractivity contribution in [2.75, 3.05) is 39.4 Å². The molecule has 11 heteroatoms. The molecule has 0 aromatic carbocycles. The van der Waals surface area contributed by atoms with Gasteiger partial charge in [-0.2, -0.15) is 13.2 Å². The van der Waals surface area contributed by atoms with Crippen LogP contribution in [0.2, 0.25) is 0 Å². The highest BCUT2D eigenvalue weighted by Gasteiger charge is 2.59. The number of rotatable bonds is 3. The van der Waals surface area contributed by atoms with Gasteiger partial charge in [-0.3, -0.25) is 9.69 Å². The minimum atomic E-state index is -5.08. The van der Waals surface area contributed by atoms with E-state index in [-0.39, 0.29) is 5.92 Å². The average Bonchev–Trinajstić information content (AvgIpc) is 3.60. The second kappa shape index (κ2) is 8.02. The number of carbonyl (C=O) groups excluding carboxylic acids is 1. The zero-order chi connectivity index (χ0) is 22.6.